The van der Waals surface area contributed by atoms with Crippen molar-refractivity contribution >= 4 is 6.29 Å². The zero-order valence-electron chi connectivity index (χ0n) is 9.32. The maximum atomic E-state index is 10.8. The van der Waals surface area contributed by atoms with Crippen molar-refractivity contribution in [3.63, 3.8) is 0 Å². The van der Waals surface area contributed by atoms with Gasteiger partial charge in [-0.05, 0) is 25.5 Å². The molecule has 0 N–H and O–H groups in total. The lowest BCUT2D eigenvalue weighted by Gasteiger charge is -2.14. The topological polar surface area (TPSA) is 35.5 Å². The maximum Gasteiger partial charge on any atom is 0.153 e. The van der Waals surface area contributed by atoms with Gasteiger partial charge in [0.1, 0.15) is 11.5 Å². The van der Waals surface area contributed by atoms with Gasteiger partial charge in [-0.25, -0.2) is 0 Å². The van der Waals surface area contributed by atoms with Crippen LogP contribution in [0.5, 0.6) is 11.5 Å². The van der Waals surface area contributed by atoms with E-state index in [0.29, 0.717) is 17.1 Å². The summed E-state index contributed by atoms with van der Waals surface area (Å²) in [6.45, 7) is 4.00. The Morgan fingerprint density at radius 1 is 1.47 bits per heavy atom. The Labute approximate surface area is 90.0 Å². The van der Waals surface area contributed by atoms with Crippen LogP contribution in [0.2, 0.25) is 0 Å². The summed E-state index contributed by atoms with van der Waals surface area (Å²) in [5.74, 6) is 1.28. The van der Waals surface area contributed by atoms with Gasteiger partial charge < -0.3 is 9.47 Å². The van der Waals surface area contributed by atoms with Crippen molar-refractivity contribution < 1.29 is 14.3 Å². The van der Waals surface area contributed by atoms with E-state index in [1.807, 2.05) is 13.8 Å². The van der Waals surface area contributed by atoms with Crippen LogP contribution < -0.4 is 9.47 Å². The molecule has 15 heavy (non-hydrogen) atoms. The van der Waals surface area contributed by atoms with E-state index in [1.165, 1.54) is 0 Å². The first-order valence-electron chi connectivity index (χ1n) is 5.01. The van der Waals surface area contributed by atoms with Gasteiger partial charge in [-0.2, -0.15) is 0 Å². The second-order valence-electron chi connectivity index (χ2n) is 3.36. The summed E-state index contributed by atoms with van der Waals surface area (Å²) >= 11 is 0. The Morgan fingerprint density at radius 2 is 2.20 bits per heavy atom. The molecule has 3 nitrogen and oxygen atoms in total. The van der Waals surface area contributed by atoms with Crippen molar-refractivity contribution in [2.24, 2.45) is 0 Å². The number of hydrogen-bond acceptors (Lipinski definition) is 3. The van der Waals surface area contributed by atoms with Crippen molar-refractivity contribution in [3.05, 3.63) is 23.8 Å². The van der Waals surface area contributed by atoms with E-state index in [0.717, 1.165) is 12.7 Å². The summed E-state index contributed by atoms with van der Waals surface area (Å²) in [5.41, 5.74) is 0.552. The molecular weight excluding hydrogens is 192 g/mol. The van der Waals surface area contributed by atoms with Crippen molar-refractivity contribution in [2.45, 2.75) is 26.4 Å². The summed E-state index contributed by atoms with van der Waals surface area (Å²) in [4.78, 5) is 10.8. The van der Waals surface area contributed by atoms with Gasteiger partial charge in [0.25, 0.3) is 0 Å². The Kier molecular flexibility index (Phi) is 4.16. The van der Waals surface area contributed by atoms with Crippen molar-refractivity contribution in [1.29, 1.82) is 0 Å². The molecule has 82 valence electrons. The molecule has 0 saturated carbocycles. The molecule has 0 fully saturated rings. The van der Waals surface area contributed by atoms with Crippen LogP contribution in [0.25, 0.3) is 0 Å². The highest BCUT2D eigenvalue weighted by Gasteiger charge is 2.08. The molecule has 0 heterocycles. The fourth-order valence-electron chi connectivity index (χ4n) is 1.14. The molecule has 0 radical (unpaired) electrons. The van der Waals surface area contributed by atoms with Crippen LogP contribution in [0.1, 0.15) is 30.6 Å². The van der Waals surface area contributed by atoms with Crippen molar-refractivity contribution in [1.82, 2.24) is 0 Å². The molecular formula is C12H16O3. The second-order valence-corrected chi connectivity index (χ2v) is 3.36. The van der Waals surface area contributed by atoms with Crippen LogP contribution in [0.4, 0.5) is 0 Å². The summed E-state index contributed by atoms with van der Waals surface area (Å²) in [6, 6.07) is 5.17. The van der Waals surface area contributed by atoms with Crippen molar-refractivity contribution in [3.8, 4) is 11.5 Å². The zero-order chi connectivity index (χ0) is 11.3. The number of benzene rings is 1. The standard InChI is InChI=1S/C12H16O3/c1-4-9(2)15-12-7-11(14-3)6-5-10(12)8-13/h5-9H,4H2,1-3H3. The molecule has 0 aliphatic heterocycles. The normalized spacial score (nSPS) is 11.9. The van der Waals surface area contributed by atoms with Gasteiger partial charge in [0.15, 0.2) is 6.29 Å². The summed E-state index contributed by atoms with van der Waals surface area (Å²) in [6.07, 6.45) is 1.78. The smallest absolute Gasteiger partial charge is 0.153 e. The second kappa shape index (κ2) is 5.39. The zero-order valence-corrected chi connectivity index (χ0v) is 9.32. The maximum absolute atomic E-state index is 10.8. The molecule has 1 aromatic carbocycles. The third kappa shape index (κ3) is 2.98. The molecule has 0 amide bonds. The fourth-order valence-corrected chi connectivity index (χ4v) is 1.14. The SMILES string of the molecule is CCC(C)Oc1cc(OC)ccc1C=O. The summed E-state index contributed by atoms with van der Waals surface area (Å²) in [7, 11) is 1.59. The number of ether oxygens (including phenoxy) is 2. The van der Waals surface area contributed by atoms with Crippen molar-refractivity contribution in [2.75, 3.05) is 7.11 Å². The number of aldehydes is 1. The largest absolute Gasteiger partial charge is 0.497 e. The number of methoxy groups -OCH3 is 1. The van der Waals surface area contributed by atoms with Gasteiger partial charge >= 0.3 is 0 Å². The fraction of sp³-hybridized carbons (Fsp3) is 0.417. The minimum Gasteiger partial charge on any atom is -0.497 e. The average molecular weight is 208 g/mol. The van der Waals surface area contributed by atoms with E-state index in [9.17, 15) is 4.79 Å². The lowest BCUT2D eigenvalue weighted by molar-refractivity contribution is 0.111. The van der Waals surface area contributed by atoms with Gasteiger partial charge in [0, 0.05) is 6.07 Å². The molecule has 0 aliphatic carbocycles. The number of rotatable bonds is 5. The lowest BCUT2D eigenvalue weighted by Crippen LogP contribution is -2.11. The first-order valence-corrected chi connectivity index (χ1v) is 5.01. The predicted octanol–water partition coefficient (Wildman–Crippen LogP) is 2.69. The van der Waals surface area contributed by atoms with Gasteiger partial charge in [-0.3, -0.25) is 4.79 Å². The minimum absolute atomic E-state index is 0.0933. The first kappa shape index (κ1) is 11.6. The predicted molar refractivity (Wildman–Crippen MR) is 58.8 cm³/mol. The Hall–Kier alpha value is -1.51. The van der Waals surface area contributed by atoms with Crippen LogP contribution in [-0.2, 0) is 0 Å². The van der Waals surface area contributed by atoms with Gasteiger partial charge in [-0.15, -0.1) is 0 Å². The van der Waals surface area contributed by atoms with Crippen LogP contribution >= 0.6 is 0 Å². The molecule has 0 bridgehead atoms. The minimum atomic E-state index is 0.0933. The third-order valence-electron chi connectivity index (χ3n) is 2.25. The number of carbonyl (C=O) groups is 1. The molecule has 1 atom stereocenters. The van der Waals surface area contributed by atoms with Crippen LogP contribution in [0.3, 0.4) is 0 Å². The number of hydrogen-bond donors (Lipinski definition) is 0. The highest BCUT2D eigenvalue weighted by atomic mass is 16.5. The molecule has 1 unspecified atom stereocenters. The average Bonchev–Trinajstić information content (AvgIpc) is 2.28. The Bertz CT molecular complexity index is 334. The molecule has 0 spiro atoms. The highest BCUT2D eigenvalue weighted by molar-refractivity contribution is 5.79. The van der Waals surface area contributed by atoms with E-state index in [1.54, 1.807) is 25.3 Å². The molecule has 1 rings (SSSR count). The molecule has 1 aromatic rings. The van der Waals surface area contributed by atoms with E-state index >= 15 is 0 Å². The van der Waals surface area contributed by atoms with Gasteiger partial charge in [0.2, 0.25) is 0 Å². The molecule has 0 saturated heterocycles. The van der Waals surface area contributed by atoms with Gasteiger partial charge in [0.05, 0.1) is 18.8 Å². The van der Waals surface area contributed by atoms with Crippen LogP contribution in [0.15, 0.2) is 18.2 Å². The number of carbonyl (C=O) groups excluding carboxylic acids is 1. The monoisotopic (exact) mass is 208 g/mol. The lowest BCUT2D eigenvalue weighted by atomic mass is 10.2. The quantitative estimate of drug-likeness (QED) is 0.698. The molecule has 0 aliphatic rings. The van der Waals surface area contributed by atoms with E-state index in [2.05, 4.69) is 0 Å². The van der Waals surface area contributed by atoms with E-state index < -0.39 is 0 Å². The van der Waals surface area contributed by atoms with Crippen LogP contribution in [0, 0.1) is 0 Å². The Morgan fingerprint density at radius 3 is 2.73 bits per heavy atom. The molecule has 3 heteroatoms. The van der Waals surface area contributed by atoms with Gasteiger partial charge in [-0.1, -0.05) is 6.92 Å². The van der Waals surface area contributed by atoms with E-state index in [4.69, 9.17) is 9.47 Å². The van der Waals surface area contributed by atoms with E-state index in [-0.39, 0.29) is 6.10 Å². The highest BCUT2D eigenvalue weighted by Crippen LogP contribution is 2.24. The molecule has 0 aromatic heterocycles. The Balaban J connectivity index is 2.95. The summed E-state index contributed by atoms with van der Waals surface area (Å²) in [5, 5.41) is 0. The summed E-state index contributed by atoms with van der Waals surface area (Å²) < 4.78 is 10.7. The van der Waals surface area contributed by atoms with Crippen LogP contribution in [-0.4, -0.2) is 19.5 Å². The first-order chi connectivity index (χ1) is 7.21. The third-order valence-corrected chi connectivity index (χ3v) is 2.25.